The Bertz CT molecular complexity index is 388. The summed E-state index contributed by atoms with van der Waals surface area (Å²) in [6.07, 6.45) is 0. The zero-order valence-electron chi connectivity index (χ0n) is 9.79. The van der Waals surface area contributed by atoms with Gasteiger partial charge in [0.2, 0.25) is 5.82 Å². The van der Waals surface area contributed by atoms with Crippen LogP contribution in [0.25, 0.3) is 0 Å². The van der Waals surface area contributed by atoms with Gasteiger partial charge in [-0.1, -0.05) is 20.8 Å². The van der Waals surface area contributed by atoms with Crippen LogP contribution in [0.2, 0.25) is 0 Å². The third-order valence-electron chi connectivity index (χ3n) is 2.52. The van der Waals surface area contributed by atoms with Crippen LogP contribution in [0.5, 0.6) is 0 Å². The molecule has 16 heavy (non-hydrogen) atoms. The Balaban J connectivity index is 2.03. The molecule has 6 heteroatoms. The van der Waals surface area contributed by atoms with Gasteiger partial charge in [-0.3, -0.25) is 9.89 Å². The van der Waals surface area contributed by atoms with E-state index >= 15 is 0 Å². The maximum atomic E-state index is 11.7. The van der Waals surface area contributed by atoms with Gasteiger partial charge in [-0.15, -0.1) is 5.10 Å². The molecule has 2 rings (SSSR count). The predicted molar refractivity (Wildman–Crippen MR) is 59.2 cm³/mol. The molecule has 0 aliphatic carbocycles. The number of hydrogen-bond acceptors (Lipinski definition) is 4. The van der Waals surface area contributed by atoms with E-state index in [0.29, 0.717) is 0 Å². The van der Waals surface area contributed by atoms with Crippen molar-refractivity contribution in [2.24, 2.45) is 0 Å². The quantitative estimate of drug-likeness (QED) is 0.648. The van der Waals surface area contributed by atoms with Gasteiger partial charge < -0.3 is 10.6 Å². The maximum absolute atomic E-state index is 11.7. The van der Waals surface area contributed by atoms with Gasteiger partial charge in [-0.25, -0.2) is 4.98 Å². The third-order valence-corrected chi connectivity index (χ3v) is 2.52. The summed E-state index contributed by atoms with van der Waals surface area (Å²) in [7, 11) is 0. The van der Waals surface area contributed by atoms with Crippen molar-refractivity contribution in [1.29, 1.82) is 0 Å². The highest BCUT2D eigenvalue weighted by Gasteiger charge is 2.24. The fraction of sp³-hybridized carbons (Fsp3) is 0.700. The molecule has 1 aliphatic heterocycles. The first kappa shape index (κ1) is 11.1. The molecule has 0 radical (unpaired) electrons. The predicted octanol–water partition coefficient (Wildman–Crippen LogP) is -0.196. The molecule has 0 saturated carbocycles. The van der Waals surface area contributed by atoms with E-state index in [1.807, 2.05) is 20.8 Å². The molecule has 0 aromatic carbocycles. The standard InChI is InChI=1S/C10H17N5O/c1-10(2,3)9-13-7(14-15-9)8(16)12-6-4-11-5-6/h6,11H,4-5H2,1-3H3,(H,12,16)(H,13,14,15). The lowest BCUT2D eigenvalue weighted by molar-refractivity contribution is 0.0913. The van der Waals surface area contributed by atoms with E-state index in [9.17, 15) is 4.79 Å². The third kappa shape index (κ3) is 2.21. The number of hydrogen-bond donors (Lipinski definition) is 3. The lowest BCUT2D eigenvalue weighted by Crippen LogP contribution is -2.57. The summed E-state index contributed by atoms with van der Waals surface area (Å²) in [6.45, 7) is 7.70. The van der Waals surface area contributed by atoms with Crippen molar-refractivity contribution in [3.05, 3.63) is 11.6 Å². The minimum atomic E-state index is -0.210. The number of nitrogens with zero attached hydrogens (tertiary/aromatic N) is 2. The second kappa shape index (κ2) is 3.86. The van der Waals surface area contributed by atoms with E-state index in [-0.39, 0.29) is 23.2 Å². The zero-order chi connectivity index (χ0) is 11.8. The average molecular weight is 223 g/mol. The number of carbonyl (C=O) groups excluding carboxylic acids is 1. The van der Waals surface area contributed by atoms with Crippen molar-refractivity contribution >= 4 is 5.91 Å². The van der Waals surface area contributed by atoms with Crippen LogP contribution < -0.4 is 10.6 Å². The van der Waals surface area contributed by atoms with Crippen molar-refractivity contribution in [3.63, 3.8) is 0 Å². The highest BCUT2D eigenvalue weighted by molar-refractivity contribution is 5.90. The number of carbonyl (C=O) groups is 1. The van der Waals surface area contributed by atoms with Crippen LogP contribution in [0.4, 0.5) is 0 Å². The molecule has 1 amide bonds. The van der Waals surface area contributed by atoms with E-state index in [1.54, 1.807) is 0 Å². The van der Waals surface area contributed by atoms with Gasteiger partial charge >= 0.3 is 0 Å². The summed E-state index contributed by atoms with van der Waals surface area (Å²) in [5.74, 6) is 0.736. The molecule has 0 unspecified atom stereocenters. The Kier molecular flexibility index (Phi) is 2.67. The molecular formula is C10H17N5O. The van der Waals surface area contributed by atoms with Crippen LogP contribution in [0, 0.1) is 0 Å². The van der Waals surface area contributed by atoms with Crippen molar-refractivity contribution < 1.29 is 4.79 Å². The highest BCUT2D eigenvalue weighted by Crippen LogP contribution is 2.17. The molecular weight excluding hydrogens is 206 g/mol. The Labute approximate surface area is 94.2 Å². The van der Waals surface area contributed by atoms with E-state index in [0.717, 1.165) is 18.9 Å². The summed E-state index contributed by atoms with van der Waals surface area (Å²) in [5.41, 5.74) is -0.121. The summed E-state index contributed by atoms with van der Waals surface area (Å²) in [6, 6.07) is 0.212. The number of H-pyrrole nitrogens is 1. The topological polar surface area (TPSA) is 82.7 Å². The molecule has 1 aliphatic rings. The maximum Gasteiger partial charge on any atom is 0.291 e. The molecule has 1 aromatic heterocycles. The fourth-order valence-electron chi connectivity index (χ4n) is 1.34. The SMILES string of the molecule is CC(C)(C)c1nc(C(=O)NC2CNC2)n[nH]1. The van der Waals surface area contributed by atoms with Gasteiger partial charge in [0.25, 0.3) is 5.91 Å². The van der Waals surface area contributed by atoms with Gasteiger partial charge in [0.15, 0.2) is 0 Å². The van der Waals surface area contributed by atoms with Crippen LogP contribution in [0.15, 0.2) is 0 Å². The molecule has 0 atom stereocenters. The van der Waals surface area contributed by atoms with Crippen LogP contribution >= 0.6 is 0 Å². The van der Waals surface area contributed by atoms with E-state index in [1.165, 1.54) is 0 Å². The number of rotatable bonds is 2. The molecule has 1 saturated heterocycles. The first-order chi connectivity index (χ1) is 7.47. The molecule has 0 bridgehead atoms. The van der Waals surface area contributed by atoms with E-state index in [2.05, 4.69) is 25.8 Å². The van der Waals surface area contributed by atoms with Gasteiger partial charge in [-0.05, 0) is 0 Å². The Morgan fingerprint density at radius 1 is 1.44 bits per heavy atom. The first-order valence-corrected chi connectivity index (χ1v) is 5.41. The summed E-state index contributed by atoms with van der Waals surface area (Å²) in [4.78, 5) is 15.9. The highest BCUT2D eigenvalue weighted by atomic mass is 16.2. The van der Waals surface area contributed by atoms with Gasteiger partial charge in [0.1, 0.15) is 5.82 Å². The van der Waals surface area contributed by atoms with Gasteiger partial charge in [-0.2, -0.15) is 0 Å². The van der Waals surface area contributed by atoms with Crippen molar-refractivity contribution in [2.75, 3.05) is 13.1 Å². The second-order valence-electron chi connectivity index (χ2n) is 5.09. The van der Waals surface area contributed by atoms with Crippen molar-refractivity contribution in [1.82, 2.24) is 25.8 Å². The van der Waals surface area contributed by atoms with Crippen LogP contribution in [-0.2, 0) is 5.41 Å². The monoisotopic (exact) mass is 223 g/mol. The van der Waals surface area contributed by atoms with E-state index < -0.39 is 0 Å². The Hall–Kier alpha value is -1.43. The van der Waals surface area contributed by atoms with Gasteiger partial charge in [0, 0.05) is 18.5 Å². The smallest absolute Gasteiger partial charge is 0.291 e. The Morgan fingerprint density at radius 2 is 2.12 bits per heavy atom. The lowest BCUT2D eigenvalue weighted by Gasteiger charge is -2.27. The summed E-state index contributed by atoms with van der Waals surface area (Å²) < 4.78 is 0. The van der Waals surface area contributed by atoms with Crippen LogP contribution in [0.1, 0.15) is 37.2 Å². The van der Waals surface area contributed by atoms with Crippen LogP contribution in [-0.4, -0.2) is 40.2 Å². The average Bonchev–Trinajstić information content (AvgIpc) is 2.58. The summed E-state index contributed by atoms with van der Waals surface area (Å²) >= 11 is 0. The number of amides is 1. The lowest BCUT2D eigenvalue weighted by atomic mass is 9.96. The molecule has 1 fully saturated rings. The van der Waals surface area contributed by atoms with Crippen molar-refractivity contribution in [2.45, 2.75) is 32.2 Å². The molecule has 0 spiro atoms. The molecule has 2 heterocycles. The van der Waals surface area contributed by atoms with Crippen LogP contribution in [0.3, 0.4) is 0 Å². The van der Waals surface area contributed by atoms with E-state index in [4.69, 9.17) is 0 Å². The van der Waals surface area contributed by atoms with Crippen molar-refractivity contribution in [3.8, 4) is 0 Å². The summed E-state index contributed by atoms with van der Waals surface area (Å²) in [5, 5.41) is 12.7. The zero-order valence-corrected chi connectivity index (χ0v) is 9.79. The Morgan fingerprint density at radius 3 is 2.56 bits per heavy atom. The van der Waals surface area contributed by atoms with Gasteiger partial charge in [0.05, 0.1) is 6.04 Å². The number of nitrogens with one attached hydrogen (secondary N) is 3. The minimum Gasteiger partial charge on any atom is -0.344 e. The molecule has 3 N–H and O–H groups in total. The molecule has 6 nitrogen and oxygen atoms in total. The largest absolute Gasteiger partial charge is 0.344 e. The normalized spacial score (nSPS) is 16.9. The first-order valence-electron chi connectivity index (χ1n) is 5.41. The fourth-order valence-corrected chi connectivity index (χ4v) is 1.34. The second-order valence-corrected chi connectivity index (χ2v) is 5.09. The number of aromatic nitrogens is 3. The minimum absolute atomic E-state index is 0.121. The molecule has 88 valence electrons. The number of aromatic amines is 1. The molecule has 1 aromatic rings.